The number of hydrogen-bond donors (Lipinski definition) is 1. The first-order chi connectivity index (χ1) is 30.5. The first-order valence-electron chi connectivity index (χ1n) is 22.5. The molecule has 65 heavy (non-hydrogen) atoms. The van der Waals surface area contributed by atoms with Gasteiger partial charge in [0.15, 0.2) is 0 Å². The third-order valence-electron chi connectivity index (χ3n) is 9.71. The Morgan fingerprint density at radius 3 is 1.63 bits per heavy atom. The number of hydrogen-bond acceptors (Lipinski definition) is 11. The van der Waals surface area contributed by atoms with Crippen LogP contribution in [-0.2, 0) is 18.9 Å². The molecule has 4 rings (SSSR count). The molecule has 0 aliphatic carbocycles. The Morgan fingerprint density at radius 1 is 0.723 bits per heavy atom. The molecule has 2 atom stereocenters. The Balaban J connectivity index is 0.000000370. The Hall–Kier alpha value is -3.15. The number of nitrogens with one attached hydrogen (secondary N) is 1. The molecule has 2 fully saturated rings. The quantitative estimate of drug-likeness (QED) is 0.127. The van der Waals surface area contributed by atoms with Gasteiger partial charge in [-0.05, 0) is 161 Å². The number of amides is 3. The van der Waals surface area contributed by atoms with Crippen LogP contribution in [0.4, 0.5) is 9.59 Å². The number of methoxy groups -OCH3 is 2. The van der Waals surface area contributed by atoms with Crippen molar-refractivity contribution in [3.63, 3.8) is 0 Å². The molecule has 0 aromatic heterocycles. The minimum absolute atomic E-state index is 0.0131. The summed E-state index contributed by atoms with van der Waals surface area (Å²) in [6, 6.07) is 11.2. The van der Waals surface area contributed by atoms with E-state index in [4.69, 9.17) is 40.0 Å². The number of carbonyl (C=O) groups is 4. The van der Waals surface area contributed by atoms with Crippen LogP contribution in [0.2, 0.25) is 0 Å². The average Bonchev–Trinajstić information content (AvgIpc) is 3.21. The van der Waals surface area contributed by atoms with Crippen molar-refractivity contribution in [1.29, 1.82) is 0 Å². The van der Waals surface area contributed by atoms with Crippen LogP contribution in [0.15, 0.2) is 45.3 Å². The number of benzene rings is 2. The van der Waals surface area contributed by atoms with Gasteiger partial charge in [-0.15, -0.1) is 0 Å². The fraction of sp³-hybridized carbons (Fsp3) is 0.667. The van der Waals surface area contributed by atoms with Crippen molar-refractivity contribution in [1.82, 2.24) is 20.0 Å². The molecule has 2 saturated heterocycles. The van der Waals surface area contributed by atoms with E-state index in [-0.39, 0.29) is 30.2 Å². The third kappa shape index (κ3) is 22.5. The van der Waals surface area contributed by atoms with Gasteiger partial charge in [-0.2, -0.15) is 0 Å². The molecule has 17 heteroatoms. The van der Waals surface area contributed by atoms with Crippen LogP contribution in [0.5, 0.6) is 11.5 Å². The first-order valence-corrected chi connectivity index (χ1v) is 24.5. The van der Waals surface area contributed by atoms with E-state index in [1.54, 1.807) is 49.5 Å². The second-order valence-corrected chi connectivity index (χ2v) is 20.6. The maximum Gasteiger partial charge on any atom is 0.410 e. The lowest BCUT2D eigenvalue weighted by atomic mass is 10.0. The standard InChI is InChI=1S/C24H37BrN2O5.C13H26N2O2.C11H12BrClO3/c1-17(2)27(19-9-7-12-26(16-19)23(29)32-24(3,4)5)22(28)18-10-11-20(25)21(15-18)31-14-8-13-30-6;1-10(2)14-11-7-6-8-15(9-11)12(16)17-13(3,4)5;1-15-5-2-6-16-10-7-8(11(13)14)3-4-9(10)12/h10-11,15,17,19H,7-9,12-14,16H2,1-6H3;10-11,14H,6-9H2,1-5H3;3-4,7H,2,5-6H2,1H3/t19-;11-;/m11./s1. The largest absolute Gasteiger partial charge is 0.492 e. The highest BCUT2D eigenvalue weighted by molar-refractivity contribution is 9.11. The number of likely N-dealkylation sites (tertiary alicyclic amines) is 2. The molecule has 2 aliphatic rings. The Labute approximate surface area is 410 Å². The number of halogens is 3. The van der Waals surface area contributed by atoms with Crippen molar-refractivity contribution >= 4 is 66.8 Å². The average molecular weight is 1060 g/mol. The minimum Gasteiger partial charge on any atom is -0.492 e. The molecule has 0 saturated carbocycles. The number of piperidine rings is 2. The maximum atomic E-state index is 13.5. The summed E-state index contributed by atoms with van der Waals surface area (Å²) >= 11 is 12.2. The highest BCUT2D eigenvalue weighted by Crippen LogP contribution is 2.30. The van der Waals surface area contributed by atoms with Gasteiger partial charge >= 0.3 is 12.2 Å². The van der Waals surface area contributed by atoms with Crippen molar-refractivity contribution in [2.24, 2.45) is 0 Å². The third-order valence-corrected chi connectivity index (χ3v) is 11.2. The van der Waals surface area contributed by atoms with E-state index in [1.807, 2.05) is 71.3 Å². The molecular formula is C48H75Br2ClN4O10. The van der Waals surface area contributed by atoms with Crippen LogP contribution in [0.1, 0.15) is 128 Å². The Bertz CT molecular complexity index is 1790. The van der Waals surface area contributed by atoms with Crippen LogP contribution in [0, 0.1) is 0 Å². The second-order valence-electron chi connectivity index (χ2n) is 18.6. The summed E-state index contributed by atoms with van der Waals surface area (Å²) in [5.74, 6) is 1.18. The van der Waals surface area contributed by atoms with Crippen LogP contribution >= 0.6 is 43.5 Å². The summed E-state index contributed by atoms with van der Waals surface area (Å²) in [4.78, 5) is 54.4. The van der Waals surface area contributed by atoms with Crippen LogP contribution in [-0.4, -0.2) is 140 Å². The van der Waals surface area contributed by atoms with E-state index in [0.29, 0.717) is 74.2 Å². The molecular weight excluding hydrogens is 988 g/mol. The lowest BCUT2D eigenvalue weighted by molar-refractivity contribution is 0.00749. The Kier molecular flexibility index (Phi) is 25.8. The van der Waals surface area contributed by atoms with Gasteiger partial charge in [-0.3, -0.25) is 9.59 Å². The zero-order chi connectivity index (χ0) is 48.9. The highest BCUT2D eigenvalue weighted by atomic mass is 79.9. The lowest BCUT2D eigenvalue weighted by Gasteiger charge is -2.41. The number of rotatable bonds is 16. The van der Waals surface area contributed by atoms with Gasteiger partial charge in [-0.1, -0.05) is 13.8 Å². The molecule has 0 bridgehead atoms. The number of carbonyl (C=O) groups excluding carboxylic acids is 4. The summed E-state index contributed by atoms with van der Waals surface area (Å²) < 4.78 is 33.8. The van der Waals surface area contributed by atoms with Crippen LogP contribution in [0.25, 0.3) is 0 Å². The van der Waals surface area contributed by atoms with Gasteiger partial charge in [0.05, 0.1) is 28.2 Å². The van der Waals surface area contributed by atoms with Gasteiger partial charge in [0.2, 0.25) is 0 Å². The van der Waals surface area contributed by atoms with Gasteiger partial charge in [0.25, 0.3) is 11.1 Å². The molecule has 368 valence electrons. The summed E-state index contributed by atoms with van der Waals surface area (Å²) in [7, 11) is 3.30. The summed E-state index contributed by atoms with van der Waals surface area (Å²) in [6.45, 7) is 24.5. The maximum absolute atomic E-state index is 13.5. The molecule has 1 N–H and O–H groups in total. The molecule has 0 spiro atoms. The van der Waals surface area contributed by atoms with E-state index in [9.17, 15) is 19.2 Å². The normalized spacial score (nSPS) is 16.4. The monoisotopic (exact) mass is 1060 g/mol. The summed E-state index contributed by atoms with van der Waals surface area (Å²) in [6.07, 6.45) is 4.90. The highest BCUT2D eigenvalue weighted by Gasteiger charge is 2.34. The van der Waals surface area contributed by atoms with Gasteiger partial charge in [0.1, 0.15) is 22.7 Å². The first kappa shape index (κ1) is 58.0. The van der Waals surface area contributed by atoms with Crippen molar-refractivity contribution in [3.05, 3.63) is 56.5 Å². The van der Waals surface area contributed by atoms with Gasteiger partial charge in [-0.25, -0.2) is 9.59 Å². The van der Waals surface area contributed by atoms with E-state index in [1.165, 1.54) is 0 Å². The molecule has 2 aromatic carbocycles. The molecule has 2 aromatic rings. The summed E-state index contributed by atoms with van der Waals surface area (Å²) in [5.41, 5.74) is 0.0362. The predicted octanol–water partition coefficient (Wildman–Crippen LogP) is 10.7. The summed E-state index contributed by atoms with van der Waals surface area (Å²) in [5, 5.41) is 2.99. The van der Waals surface area contributed by atoms with E-state index in [2.05, 4.69) is 51.0 Å². The van der Waals surface area contributed by atoms with Crippen molar-refractivity contribution < 1.29 is 47.6 Å². The van der Waals surface area contributed by atoms with Crippen molar-refractivity contribution in [2.45, 2.75) is 143 Å². The lowest BCUT2D eigenvalue weighted by Crippen LogP contribution is -2.54. The van der Waals surface area contributed by atoms with Gasteiger partial charge in [0, 0.05) is 95.7 Å². The molecule has 2 heterocycles. The fourth-order valence-electron chi connectivity index (χ4n) is 6.98. The molecule has 0 radical (unpaired) electrons. The SMILES string of the molecule is CC(C)N[C@@H]1CCCN(C(=O)OC(C)(C)C)C1.COCCCOc1cc(C(=O)Cl)ccc1Br.COCCCOc1cc(C(=O)N(C(C)C)[C@@H]2CCCN(C(=O)OC(C)(C)C)C2)ccc1Br. The second kappa shape index (κ2) is 28.9. The topological polar surface area (TPSA) is 145 Å². The molecule has 14 nitrogen and oxygen atoms in total. The van der Waals surface area contributed by atoms with E-state index >= 15 is 0 Å². The van der Waals surface area contributed by atoms with E-state index in [0.717, 1.165) is 60.6 Å². The number of ether oxygens (including phenoxy) is 6. The number of nitrogens with zero attached hydrogens (tertiary/aromatic N) is 3. The Morgan fingerprint density at radius 2 is 1.18 bits per heavy atom. The molecule has 3 amide bonds. The zero-order valence-electron chi connectivity index (χ0n) is 40.7. The predicted molar refractivity (Wildman–Crippen MR) is 264 cm³/mol. The van der Waals surface area contributed by atoms with Gasteiger partial charge < -0.3 is 48.4 Å². The smallest absolute Gasteiger partial charge is 0.410 e. The van der Waals surface area contributed by atoms with Crippen molar-refractivity contribution in [3.8, 4) is 11.5 Å². The zero-order valence-corrected chi connectivity index (χ0v) is 44.7. The fourth-order valence-corrected chi connectivity index (χ4v) is 7.82. The molecule has 2 aliphatic heterocycles. The van der Waals surface area contributed by atoms with Crippen molar-refractivity contribution in [2.75, 3.05) is 66.8 Å². The van der Waals surface area contributed by atoms with E-state index < -0.39 is 16.4 Å². The van der Waals surface area contributed by atoms with Crippen LogP contribution < -0.4 is 14.8 Å². The van der Waals surface area contributed by atoms with Crippen LogP contribution in [0.3, 0.4) is 0 Å². The minimum atomic E-state index is -0.547. The molecule has 0 unspecified atom stereocenters.